The van der Waals surface area contributed by atoms with E-state index in [1.807, 2.05) is 67.8 Å². The summed E-state index contributed by atoms with van der Waals surface area (Å²) in [5.41, 5.74) is 3.25. The number of aryl methyl sites for hydroxylation is 2. The highest BCUT2D eigenvalue weighted by atomic mass is 32.1. The van der Waals surface area contributed by atoms with Crippen LogP contribution in [0.4, 0.5) is 5.69 Å². The Morgan fingerprint density at radius 3 is 2.43 bits per heavy atom. The van der Waals surface area contributed by atoms with Crippen LogP contribution in [0.5, 0.6) is 0 Å². The van der Waals surface area contributed by atoms with Crippen molar-refractivity contribution in [2.75, 3.05) is 11.4 Å². The number of nitrogens with one attached hydrogen (secondary N) is 2. The molecular formula is C28H31N3O3S. The van der Waals surface area contributed by atoms with E-state index in [0.717, 1.165) is 42.4 Å². The fraction of sp³-hybridized carbons (Fsp3) is 0.321. The molecule has 1 aliphatic carbocycles. The minimum absolute atomic E-state index is 0.114. The number of benzene rings is 2. The van der Waals surface area contributed by atoms with E-state index in [4.69, 9.17) is 0 Å². The van der Waals surface area contributed by atoms with Crippen LogP contribution in [0.2, 0.25) is 0 Å². The molecule has 182 valence electrons. The van der Waals surface area contributed by atoms with Crippen molar-refractivity contribution in [1.29, 1.82) is 0 Å². The van der Waals surface area contributed by atoms with Crippen LogP contribution in [0.1, 0.15) is 58.1 Å². The highest BCUT2D eigenvalue weighted by Crippen LogP contribution is 2.32. The molecule has 1 saturated carbocycles. The van der Waals surface area contributed by atoms with E-state index in [1.165, 1.54) is 11.3 Å². The van der Waals surface area contributed by atoms with Crippen LogP contribution in [-0.2, 0) is 9.59 Å². The van der Waals surface area contributed by atoms with Gasteiger partial charge in [0.2, 0.25) is 11.8 Å². The van der Waals surface area contributed by atoms with E-state index in [1.54, 1.807) is 17.0 Å². The number of amides is 3. The van der Waals surface area contributed by atoms with Gasteiger partial charge in [0.05, 0.1) is 11.4 Å². The monoisotopic (exact) mass is 489 g/mol. The Balaban J connectivity index is 1.70. The van der Waals surface area contributed by atoms with Crippen LogP contribution in [0, 0.1) is 13.8 Å². The third kappa shape index (κ3) is 5.98. The predicted octanol–water partition coefficient (Wildman–Crippen LogP) is 4.93. The number of nitrogens with zero attached hydrogens (tertiary/aromatic N) is 1. The lowest BCUT2D eigenvalue weighted by Crippen LogP contribution is -2.49. The van der Waals surface area contributed by atoms with E-state index in [2.05, 4.69) is 10.6 Å². The molecule has 3 aromatic rings. The van der Waals surface area contributed by atoms with Crippen LogP contribution >= 0.6 is 11.3 Å². The van der Waals surface area contributed by atoms with Gasteiger partial charge in [-0.1, -0.05) is 61.4 Å². The third-order valence-corrected chi connectivity index (χ3v) is 7.23. The minimum atomic E-state index is -0.858. The van der Waals surface area contributed by atoms with Gasteiger partial charge >= 0.3 is 0 Å². The zero-order valence-corrected chi connectivity index (χ0v) is 20.9. The molecule has 1 aliphatic rings. The smallest absolute Gasteiger partial charge is 0.261 e. The van der Waals surface area contributed by atoms with Crippen LogP contribution in [-0.4, -0.2) is 30.3 Å². The normalized spacial score (nSPS) is 14.3. The van der Waals surface area contributed by atoms with Crippen LogP contribution < -0.4 is 15.5 Å². The third-order valence-electron chi connectivity index (χ3n) is 6.36. The number of anilines is 1. The Morgan fingerprint density at radius 1 is 1.00 bits per heavy atom. The van der Waals surface area contributed by atoms with Gasteiger partial charge in [-0.25, -0.2) is 0 Å². The van der Waals surface area contributed by atoms with Crippen molar-refractivity contribution >= 4 is 34.7 Å². The van der Waals surface area contributed by atoms with Gasteiger partial charge in [0, 0.05) is 11.7 Å². The Kier molecular flexibility index (Phi) is 7.98. The molecule has 2 N–H and O–H groups in total. The number of carbonyl (C=O) groups is 3. The molecule has 0 saturated heterocycles. The van der Waals surface area contributed by atoms with Crippen LogP contribution in [0.3, 0.4) is 0 Å². The number of hydrogen-bond donors (Lipinski definition) is 2. The molecule has 7 heteroatoms. The lowest BCUT2D eigenvalue weighted by molar-refractivity contribution is -0.126. The van der Waals surface area contributed by atoms with Gasteiger partial charge in [-0.3, -0.25) is 19.3 Å². The molecule has 1 fully saturated rings. The number of hydrogen-bond acceptors (Lipinski definition) is 4. The molecule has 0 aliphatic heterocycles. The van der Waals surface area contributed by atoms with E-state index in [9.17, 15) is 14.4 Å². The second-order valence-electron chi connectivity index (χ2n) is 9.02. The summed E-state index contributed by atoms with van der Waals surface area (Å²) in [5, 5.41) is 7.74. The molecule has 4 rings (SSSR count). The number of rotatable bonds is 8. The number of thiophene rings is 1. The summed E-state index contributed by atoms with van der Waals surface area (Å²) in [6, 6.07) is 18.0. The summed E-state index contributed by atoms with van der Waals surface area (Å²) < 4.78 is 0. The highest BCUT2D eigenvalue weighted by molar-refractivity contribution is 7.12. The van der Waals surface area contributed by atoms with Gasteiger partial charge < -0.3 is 10.6 Å². The zero-order chi connectivity index (χ0) is 24.8. The molecular weight excluding hydrogens is 458 g/mol. The summed E-state index contributed by atoms with van der Waals surface area (Å²) in [5.74, 6) is -0.859. The van der Waals surface area contributed by atoms with E-state index >= 15 is 0 Å². The second kappa shape index (κ2) is 11.3. The molecule has 6 nitrogen and oxygen atoms in total. The predicted molar refractivity (Wildman–Crippen MR) is 140 cm³/mol. The quantitative estimate of drug-likeness (QED) is 0.471. The molecule has 0 bridgehead atoms. The standard InChI is InChI=1S/C28H31N3O3S/c1-19-14-15-20(2)23(17-19)31(25(32)18-29-27(33)24-13-8-16-35-24)26(21-9-4-3-5-10-21)28(34)30-22-11-6-7-12-22/h3-5,8-10,13-17,22,26H,6-7,11-12,18H2,1-2H3,(H,29,33)(H,30,34). The van der Waals surface area contributed by atoms with Gasteiger partial charge in [0.25, 0.3) is 5.91 Å². The fourth-order valence-electron chi connectivity index (χ4n) is 4.54. The Morgan fingerprint density at radius 2 is 1.74 bits per heavy atom. The molecule has 1 atom stereocenters. The first-order valence-corrected chi connectivity index (χ1v) is 12.9. The number of carbonyl (C=O) groups excluding carboxylic acids is 3. The first kappa shape index (κ1) is 24.7. The van der Waals surface area contributed by atoms with Gasteiger partial charge in [-0.2, -0.15) is 0 Å². The molecule has 0 radical (unpaired) electrons. The summed E-state index contributed by atoms with van der Waals surface area (Å²) in [4.78, 5) is 42.2. The summed E-state index contributed by atoms with van der Waals surface area (Å²) in [7, 11) is 0. The molecule has 2 aromatic carbocycles. The lowest BCUT2D eigenvalue weighted by Gasteiger charge is -2.33. The molecule has 1 aromatic heterocycles. The fourth-order valence-corrected chi connectivity index (χ4v) is 5.18. The van der Waals surface area contributed by atoms with Crippen molar-refractivity contribution in [3.8, 4) is 0 Å². The molecule has 3 amide bonds. The average Bonchev–Trinajstić information content (AvgIpc) is 3.57. The Hall–Kier alpha value is -3.45. The van der Waals surface area contributed by atoms with Gasteiger partial charge in [0.1, 0.15) is 6.04 Å². The van der Waals surface area contributed by atoms with E-state index < -0.39 is 6.04 Å². The maximum Gasteiger partial charge on any atom is 0.261 e. The first-order valence-electron chi connectivity index (χ1n) is 12.0. The van der Waals surface area contributed by atoms with Crippen LogP contribution in [0.25, 0.3) is 0 Å². The van der Waals surface area contributed by atoms with Crippen molar-refractivity contribution in [3.63, 3.8) is 0 Å². The molecule has 1 heterocycles. The zero-order valence-electron chi connectivity index (χ0n) is 20.1. The maximum atomic E-state index is 13.8. The average molecular weight is 490 g/mol. The summed E-state index contributed by atoms with van der Waals surface area (Å²) in [6.07, 6.45) is 4.08. The molecule has 1 unspecified atom stereocenters. The summed E-state index contributed by atoms with van der Waals surface area (Å²) >= 11 is 1.32. The molecule has 0 spiro atoms. The van der Waals surface area contributed by atoms with Crippen LogP contribution in [0.15, 0.2) is 66.0 Å². The topological polar surface area (TPSA) is 78.5 Å². The first-order chi connectivity index (χ1) is 16.9. The van der Waals surface area contributed by atoms with Gasteiger partial charge in [-0.15, -0.1) is 11.3 Å². The SMILES string of the molecule is Cc1ccc(C)c(N(C(=O)CNC(=O)c2cccs2)C(C(=O)NC2CCCC2)c2ccccc2)c1. The van der Waals surface area contributed by atoms with Gasteiger partial charge in [0.15, 0.2) is 0 Å². The van der Waals surface area contributed by atoms with Crippen molar-refractivity contribution < 1.29 is 14.4 Å². The lowest BCUT2D eigenvalue weighted by atomic mass is 10.0. The largest absolute Gasteiger partial charge is 0.351 e. The Labute approximate surface area is 210 Å². The highest BCUT2D eigenvalue weighted by Gasteiger charge is 2.35. The maximum absolute atomic E-state index is 13.8. The van der Waals surface area contributed by atoms with Crippen molar-refractivity contribution in [2.45, 2.75) is 51.6 Å². The second-order valence-corrected chi connectivity index (χ2v) is 9.96. The Bertz CT molecular complexity index is 1170. The van der Waals surface area contributed by atoms with E-state index in [0.29, 0.717) is 10.6 Å². The van der Waals surface area contributed by atoms with Crippen molar-refractivity contribution in [1.82, 2.24) is 10.6 Å². The molecule has 35 heavy (non-hydrogen) atoms. The van der Waals surface area contributed by atoms with E-state index in [-0.39, 0.29) is 30.3 Å². The summed E-state index contributed by atoms with van der Waals surface area (Å²) in [6.45, 7) is 3.67. The minimum Gasteiger partial charge on any atom is -0.351 e. The van der Waals surface area contributed by atoms with Gasteiger partial charge in [-0.05, 0) is 60.9 Å². The van der Waals surface area contributed by atoms with Crippen molar-refractivity contribution in [3.05, 3.63) is 87.6 Å². The van der Waals surface area contributed by atoms with Crippen molar-refractivity contribution in [2.24, 2.45) is 0 Å².